The molecule has 3 aromatic rings. The lowest BCUT2D eigenvalue weighted by atomic mass is 10.1. The van der Waals surface area contributed by atoms with Gasteiger partial charge >= 0.3 is 0 Å². The van der Waals surface area contributed by atoms with Gasteiger partial charge in [-0.15, -0.1) is 0 Å². The Kier molecular flexibility index (Phi) is 7.17. The lowest BCUT2D eigenvalue weighted by Gasteiger charge is -2.28. The van der Waals surface area contributed by atoms with Crippen LogP contribution in [0.15, 0.2) is 30.3 Å². The number of carbonyl (C=O) groups excluding carboxylic acids is 1. The van der Waals surface area contributed by atoms with Gasteiger partial charge in [-0.05, 0) is 43.7 Å². The first-order valence-electron chi connectivity index (χ1n) is 12.2. The number of benzene rings is 1. The number of carbonyl (C=O) groups is 1. The Morgan fingerprint density at radius 2 is 1.80 bits per heavy atom. The third-order valence-corrected chi connectivity index (χ3v) is 6.71. The van der Waals surface area contributed by atoms with Crippen molar-refractivity contribution < 1.29 is 19.0 Å². The van der Waals surface area contributed by atoms with Crippen LogP contribution in [0, 0.1) is 13.8 Å². The van der Waals surface area contributed by atoms with Crippen molar-refractivity contribution >= 4 is 28.3 Å². The molecule has 186 valence electrons. The highest BCUT2D eigenvalue weighted by Gasteiger charge is 2.18. The molecule has 2 aliphatic heterocycles. The van der Waals surface area contributed by atoms with E-state index in [2.05, 4.69) is 33.9 Å². The van der Waals surface area contributed by atoms with E-state index in [-0.39, 0.29) is 5.91 Å². The largest absolute Gasteiger partial charge is 0.476 e. The quantitative estimate of drug-likeness (QED) is 0.538. The number of aryl methyl sites for hydroxylation is 2. The second-order valence-corrected chi connectivity index (χ2v) is 9.04. The number of amides is 1. The first-order valence-corrected chi connectivity index (χ1v) is 12.2. The molecule has 0 aliphatic carbocycles. The smallest absolute Gasteiger partial charge is 0.255 e. The van der Waals surface area contributed by atoms with Gasteiger partial charge < -0.3 is 29.4 Å². The van der Waals surface area contributed by atoms with Crippen LogP contribution in [0.25, 0.3) is 10.9 Å². The maximum Gasteiger partial charge on any atom is 0.255 e. The third kappa shape index (κ3) is 5.58. The van der Waals surface area contributed by atoms with E-state index in [0.29, 0.717) is 31.3 Å². The third-order valence-electron chi connectivity index (χ3n) is 6.71. The van der Waals surface area contributed by atoms with Gasteiger partial charge in [0.05, 0.1) is 26.4 Å². The number of fused-ring (bicyclic) bond motifs is 1. The number of morpholine rings is 2. The van der Waals surface area contributed by atoms with Gasteiger partial charge in [0.2, 0.25) is 5.88 Å². The van der Waals surface area contributed by atoms with Gasteiger partial charge in [0.15, 0.2) is 0 Å². The van der Waals surface area contributed by atoms with Crippen LogP contribution in [0.1, 0.15) is 21.6 Å². The predicted molar refractivity (Wildman–Crippen MR) is 136 cm³/mol. The van der Waals surface area contributed by atoms with Crippen molar-refractivity contribution in [2.24, 2.45) is 0 Å². The molecule has 0 bridgehead atoms. The van der Waals surface area contributed by atoms with Crippen LogP contribution in [0.2, 0.25) is 0 Å². The van der Waals surface area contributed by atoms with Gasteiger partial charge in [-0.25, -0.2) is 0 Å². The molecule has 0 spiro atoms. The van der Waals surface area contributed by atoms with Gasteiger partial charge in [-0.1, -0.05) is 0 Å². The number of nitrogens with zero attached hydrogens (tertiary/aromatic N) is 3. The van der Waals surface area contributed by atoms with Crippen molar-refractivity contribution in [2.45, 2.75) is 13.8 Å². The summed E-state index contributed by atoms with van der Waals surface area (Å²) in [5.74, 6) is 0.999. The molecule has 2 aromatic heterocycles. The second-order valence-electron chi connectivity index (χ2n) is 9.04. The lowest BCUT2D eigenvalue weighted by Crippen LogP contribution is -2.38. The van der Waals surface area contributed by atoms with Crippen molar-refractivity contribution in [3.05, 3.63) is 47.2 Å². The van der Waals surface area contributed by atoms with Gasteiger partial charge in [0, 0.05) is 66.6 Å². The Morgan fingerprint density at radius 1 is 1.06 bits per heavy atom. The van der Waals surface area contributed by atoms with Gasteiger partial charge in [0.25, 0.3) is 5.91 Å². The number of anilines is 2. The number of nitrogens with one attached hydrogen (secondary N) is 2. The van der Waals surface area contributed by atoms with Crippen LogP contribution >= 0.6 is 0 Å². The van der Waals surface area contributed by atoms with E-state index in [1.165, 1.54) is 5.56 Å². The number of H-pyrrole nitrogens is 1. The summed E-state index contributed by atoms with van der Waals surface area (Å²) in [5, 5.41) is 4.16. The molecule has 2 N–H and O–H groups in total. The lowest BCUT2D eigenvalue weighted by molar-refractivity contribution is 0.0320. The molecule has 1 amide bonds. The van der Waals surface area contributed by atoms with E-state index in [1.54, 1.807) is 6.07 Å². The molecule has 2 aliphatic rings. The highest BCUT2D eigenvalue weighted by atomic mass is 16.5. The van der Waals surface area contributed by atoms with Crippen LogP contribution in [-0.2, 0) is 9.47 Å². The maximum atomic E-state index is 13.3. The molecule has 35 heavy (non-hydrogen) atoms. The first-order chi connectivity index (χ1) is 17.1. The Hall–Kier alpha value is -3.14. The second kappa shape index (κ2) is 10.6. The van der Waals surface area contributed by atoms with E-state index in [1.807, 2.05) is 24.3 Å². The summed E-state index contributed by atoms with van der Waals surface area (Å²) in [5.41, 5.74) is 4.65. The summed E-state index contributed by atoms with van der Waals surface area (Å²) in [4.78, 5) is 25.8. The Bertz CT molecular complexity index is 1180. The van der Waals surface area contributed by atoms with Crippen LogP contribution < -0.4 is 15.0 Å². The summed E-state index contributed by atoms with van der Waals surface area (Å²) in [6, 6.07) is 9.48. The minimum absolute atomic E-state index is 0.191. The normalized spacial score (nSPS) is 17.0. The first kappa shape index (κ1) is 23.6. The van der Waals surface area contributed by atoms with Crippen molar-refractivity contribution in [2.75, 3.05) is 76.0 Å². The van der Waals surface area contributed by atoms with Crippen molar-refractivity contribution in [1.29, 1.82) is 0 Å². The number of ether oxygens (including phenoxy) is 3. The molecule has 1 aromatic carbocycles. The highest BCUT2D eigenvalue weighted by Crippen LogP contribution is 2.26. The number of aromatic amines is 1. The van der Waals surface area contributed by atoms with Crippen LogP contribution in [0.5, 0.6) is 5.88 Å². The Morgan fingerprint density at radius 3 is 2.57 bits per heavy atom. The highest BCUT2D eigenvalue weighted by molar-refractivity contribution is 6.06. The Balaban J connectivity index is 1.34. The SMILES string of the molecule is Cc1[nH]c2ccc(NC(=O)c3cc(OCCN4CCOCC4)nc(N4CCOCC4)c3)cc2c1C. The zero-order chi connectivity index (χ0) is 24.2. The summed E-state index contributed by atoms with van der Waals surface area (Å²) in [6.45, 7) is 11.5. The summed E-state index contributed by atoms with van der Waals surface area (Å²) in [6.07, 6.45) is 0. The molecule has 5 rings (SSSR count). The van der Waals surface area contributed by atoms with Crippen LogP contribution in [-0.4, -0.2) is 86.5 Å². The van der Waals surface area contributed by atoms with Crippen molar-refractivity contribution in [3.63, 3.8) is 0 Å². The molecule has 0 saturated carbocycles. The average molecular weight is 480 g/mol. The molecule has 4 heterocycles. The average Bonchev–Trinajstić information content (AvgIpc) is 3.18. The number of rotatable bonds is 7. The monoisotopic (exact) mass is 479 g/mol. The molecule has 0 radical (unpaired) electrons. The molecule has 9 heteroatoms. The van der Waals surface area contributed by atoms with E-state index in [4.69, 9.17) is 19.2 Å². The minimum Gasteiger partial charge on any atom is -0.476 e. The van der Waals surface area contributed by atoms with Crippen LogP contribution in [0.3, 0.4) is 0 Å². The molecule has 2 saturated heterocycles. The van der Waals surface area contributed by atoms with Crippen LogP contribution in [0.4, 0.5) is 11.5 Å². The van der Waals surface area contributed by atoms with E-state index in [0.717, 1.165) is 74.0 Å². The fourth-order valence-corrected chi connectivity index (χ4v) is 4.50. The molecular weight excluding hydrogens is 446 g/mol. The molecule has 0 unspecified atom stereocenters. The van der Waals surface area contributed by atoms with Gasteiger partial charge in [-0.3, -0.25) is 9.69 Å². The van der Waals surface area contributed by atoms with Gasteiger partial charge in [-0.2, -0.15) is 4.98 Å². The number of pyridine rings is 1. The fourth-order valence-electron chi connectivity index (χ4n) is 4.50. The van der Waals surface area contributed by atoms with Crippen molar-refractivity contribution in [3.8, 4) is 5.88 Å². The Labute approximate surface area is 205 Å². The molecule has 0 atom stereocenters. The number of aromatic nitrogens is 2. The zero-order valence-corrected chi connectivity index (χ0v) is 20.4. The van der Waals surface area contributed by atoms with E-state index < -0.39 is 0 Å². The van der Waals surface area contributed by atoms with E-state index in [9.17, 15) is 4.79 Å². The maximum absolute atomic E-state index is 13.3. The molecule has 2 fully saturated rings. The zero-order valence-electron chi connectivity index (χ0n) is 20.4. The predicted octanol–water partition coefficient (Wildman–Crippen LogP) is 2.98. The summed E-state index contributed by atoms with van der Waals surface area (Å²) < 4.78 is 16.9. The number of hydrogen-bond acceptors (Lipinski definition) is 7. The summed E-state index contributed by atoms with van der Waals surface area (Å²) >= 11 is 0. The number of hydrogen-bond donors (Lipinski definition) is 2. The summed E-state index contributed by atoms with van der Waals surface area (Å²) in [7, 11) is 0. The molecular formula is C26H33N5O4. The molecule has 9 nitrogen and oxygen atoms in total. The van der Waals surface area contributed by atoms with E-state index >= 15 is 0 Å². The topological polar surface area (TPSA) is 92.0 Å². The fraction of sp³-hybridized carbons (Fsp3) is 0.462. The van der Waals surface area contributed by atoms with Gasteiger partial charge in [0.1, 0.15) is 12.4 Å². The van der Waals surface area contributed by atoms with Crippen molar-refractivity contribution in [1.82, 2.24) is 14.9 Å². The minimum atomic E-state index is -0.191. The standard InChI is InChI=1S/C26H33N5O4/c1-18-19(2)27-23-4-3-21(17-22(18)23)28-26(32)20-15-24(31-8-12-34-13-9-31)29-25(16-20)35-14-7-30-5-10-33-11-6-30/h3-4,15-17,27H,5-14H2,1-2H3,(H,28,32).